The highest BCUT2D eigenvalue weighted by Crippen LogP contribution is 2.24. The Labute approximate surface area is 158 Å². The van der Waals surface area contributed by atoms with Gasteiger partial charge in [0.05, 0.1) is 18.8 Å². The lowest BCUT2D eigenvalue weighted by Gasteiger charge is -2.23. The summed E-state index contributed by atoms with van der Waals surface area (Å²) in [5.41, 5.74) is 1.06. The van der Waals surface area contributed by atoms with Crippen molar-refractivity contribution in [2.75, 3.05) is 7.11 Å². The zero-order valence-electron chi connectivity index (χ0n) is 15.2. The van der Waals surface area contributed by atoms with Gasteiger partial charge in [0.25, 0.3) is 5.22 Å². The van der Waals surface area contributed by atoms with E-state index in [0.717, 1.165) is 24.2 Å². The SMILES string of the molecule is COc1ccc(Cc2nnc(SC(C)C(=O)NC3CCCCC3)o2)cc1. The van der Waals surface area contributed by atoms with E-state index < -0.39 is 0 Å². The van der Waals surface area contributed by atoms with Crippen LogP contribution < -0.4 is 10.1 Å². The fourth-order valence-corrected chi connectivity index (χ4v) is 3.76. The Bertz CT molecular complexity index is 711. The molecular formula is C19H25N3O3S. The van der Waals surface area contributed by atoms with Crippen molar-refractivity contribution in [3.8, 4) is 5.75 Å². The lowest BCUT2D eigenvalue weighted by Crippen LogP contribution is -2.40. The molecule has 1 amide bonds. The van der Waals surface area contributed by atoms with Gasteiger partial charge in [-0.05, 0) is 37.5 Å². The van der Waals surface area contributed by atoms with Gasteiger partial charge in [0.2, 0.25) is 11.8 Å². The maximum absolute atomic E-state index is 12.3. The molecule has 0 aliphatic heterocycles. The minimum atomic E-state index is -0.258. The minimum Gasteiger partial charge on any atom is -0.497 e. The fourth-order valence-electron chi connectivity index (χ4n) is 3.05. The number of ether oxygens (including phenoxy) is 1. The maximum atomic E-state index is 12.3. The number of carbonyl (C=O) groups excluding carboxylic acids is 1. The summed E-state index contributed by atoms with van der Waals surface area (Å²) in [5.74, 6) is 1.39. The first-order valence-electron chi connectivity index (χ1n) is 9.06. The summed E-state index contributed by atoms with van der Waals surface area (Å²) in [6.45, 7) is 1.87. The molecule has 7 heteroatoms. The molecule has 1 fully saturated rings. The molecule has 0 spiro atoms. The second kappa shape index (κ2) is 9.07. The van der Waals surface area contributed by atoms with E-state index in [-0.39, 0.29) is 11.2 Å². The smallest absolute Gasteiger partial charge is 0.277 e. The van der Waals surface area contributed by atoms with Gasteiger partial charge in [0.1, 0.15) is 5.75 Å². The number of hydrogen-bond donors (Lipinski definition) is 1. The highest BCUT2D eigenvalue weighted by molar-refractivity contribution is 8.00. The monoisotopic (exact) mass is 375 g/mol. The third-order valence-corrected chi connectivity index (χ3v) is 5.50. The van der Waals surface area contributed by atoms with E-state index in [9.17, 15) is 4.79 Å². The number of carbonyl (C=O) groups is 1. The second-order valence-electron chi connectivity index (χ2n) is 6.59. The Morgan fingerprint density at radius 3 is 2.69 bits per heavy atom. The van der Waals surface area contributed by atoms with Crippen LogP contribution in [-0.4, -0.2) is 34.5 Å². The molecule has 1 atom stereocenters. The standard InChI is InChI=1S/C19H25N3O3S/c1-13(18(23)20-15-6-4-3-5-7-15)26-19-22-21-17(25-19)12-14-8-10-16(24-2)11-9-14/h8-11,13,15H,3-7,12H2,1-2H3,(H,20,23). The van der Waals surface area contributed by atoms with Crippen LogP contribution in [0.1, 0.15) is 50.5 Å². The van der Waals surface area contributed by atoms with Gasteiger partial charge >= 0.3 is 0 Å². The van der Waals surface area contributed by atoms with Gasteiger partial charge in [-0.25, -0.2) is 0 Å². The first-order valence-corrected chi connectivity index (χ1v) is 9.94. The molecule has 1 aromatic heterocycles. The molecular weight excluding hydrogens is 350 g/mol. The van der Waals surface area contributed by atoms with Crippen molar-refractivity contribution in [2.45, 2.75) is 62.0 Å². The van der Waals surface area contributed by atoms with Crippen LogP contribution >= 0.6 is 11.8 Å². The highest BCUT2D eigenvalue weighted by atomic mass is 32.2. The number of methoxy groups -OCH3 is 1. The van der Waals surface area contributed by atoms with Crippen LogP contribution in [0, 0.1) is 0 Å². The molecule has 26 heavy (non-hydrogen) atoms. The van der Waals surface area contributed by atoms with Gasteiger partial charge in [-0.1, -0.05) is 43.2 Å². The molecule has 1 N–H and O–H groups in total. The van der Waals surface area contributed by atoms with E-state index in [2.05, 4.69) is 15.5 Å². The van der Waals surface area contributed by atoms with Crippen LogP contribution in [0.5, 0.6) is 5.75 Å². The number of aromatic nitrogens is 2. The molecule has 140 valence electrons. The summed E-state index contributed by atoms with van der Waals surface area (Å²) in [6, 6.07) is 8.05. The quantitative estimate of drug-likeness (QED) is 0.745. The number of nitrogens with one attached hydrogen (secondary N) is 1. The molecule has 1 aliphatic rings. The van der Waals surface area contributed by atoms with Crippen molar-refractivity contribution in [1.82, 2.24) is 15.5 Å². The van der Waals surface area contributed by atoms with E-state index in [1.807, 2.05) is 31.2 Å². The highest BCUT2D eigenvalue weighted by Gasteiger charge is 2.22. The average molecular weight is 375 g/mol. The Balaban J connectivity index is 1.51. The molecule has 1 heterocycles. The molecule has 0 saturated heterocycles. The topological polar surface area (TPSA) is 77.2 Å². The number of benzene rings is 1. The molecule has 1 aliphatic carbocycles. The Hall–Kier alpha value is -2.02. The van der Waals surface area contributed by atoms with Gasteiger partial charge in [0.15, 0.2) is 0 Å². The van der Waals surface area contributed by atoms with E-state index in [1.165, 1.54) is 31.0 Å². The normalized spacial score (nSPS) is 16.2. The Morgan fingerprint density at radius 2 is 2.00 bits per heavy atom. The number of thioether (sulfide) groups is 1. The Kier molecular flexibility index (Phi) is 6.55. The van der Waals surface area contributed by atoms with Crippen molar-refractivity contribution < 1.29 is 13.9 Å². The zero-order valence-corrected chi connectivity index (χ0v) is 16.1. The third-order valence-electron chi connectivity index (χ3n) is 4.56. The van der Waals surface area contributed by atoms with Crippen LogP contribution in [0.25, 0.3) is 0 Å². The van der Waals surface area contributed by atoms with Gasteiger partial charge < -0.3 is 14.5 Å². The molecule has 1 aromatic carbocycles. The summed E-state index contributed by atoms with van der Waals surface area (Å²) >= 11 is 1.31. The lowest BCUT2D eigenvalue weighted by molar-refractivity contribution is -0.121. The predicted octanol–water partition coefficient (Wildman–Crippen LogP) is 3.60. The van der Waals surface area contributed by atoms with Crippen LogP contribution in [0.15, 0.2) is 33.9 Å². The molecule has 2 aromatic rings. The van der Waals surface area contributed by atoms with Crippen molar-refractivity contribution in [3.05, 3.63) is 35.7 Å². The molecule has 1 saturated carbocycles. The summed E-state index contributed by atoms with van der Waals surface area (Å²) < 4.78 is 10.8. The van der Waals surface area contributed by atoms with Crippen LogP contribution in [0.3, 0.4) is 0 Å². The first-order chi connectivity index (χ1) is 12.6. The minimum absolute atomic E-state index is 0.0387. The number of amides is 1. The fraction of sp³-hybridized carbons (Fsp3) is 0.526. The van der Waals surface area contributed by atoms with E-state index in [0.29, 0.717) is 23.6 Å². The molecule has 1 unspecified atom stereocenters. The van der Waals surface area contributed by atoms with Crippen molar-refractivity contribution in [2.24, 2.45) is 0 Å². The van der Waals surface area contributed by atoms with Gasteiger partial charge in [0, 0.05) is 6.04 Å². The largest absolute Gasteiger partial charge is 0.497 e. The zero-order chi connectivity index (χ0) is 18.4. The lowest BCUT2D eigenvalue weighted by atomic mass is 9.95. The summed E-state index contributed by atoms with van der Waals surface area (Å²) in [7, 11) is 1.64. The van der Waals surface area contributed by atoms with Crippen LogP contribution in [-0.2, 0) is 11.2 Å². The summed E-state index contributed by atoms with van der Waals surface area (Å²) in [5, 5.41) is 11.4. The van der Waals surface area contributed by atoms with Crippen molar-refractivity contribution in [1.29, 1.82) is 0 Å². The van der Waals surface area contributed by atoms with Crippen LogP contribution in [0.2, 0.25) is 0 Å². The number of hydrogen-bond acceptors (Lipinski definition) is 6. The Morgan fingerprint density at radius 1 is 1.27 bits per heavy atom. The number of rotatable bonds is 7. The predicted molar refractivity (Wildman–Crippen MR) is 100 cm³/mol. The molecule has 3 rings (SSSR count). The average Bonchev–Trinajstić information content (AvgIpc) is 3.10. The molecule has 6 nitrogen and oxygen atoms in total. The van der Waals surface area contributed by atoms with E-state index >= 15 is 0 Å². The van der Waals surface area contributed by atoms with Gasteiger partial charge in [-0.15, -0.1) is 10.2 Å². The second-order valence-corrected chi connectivity index (χ2v) is 7.88. The summed E-state index contributed by atoms with van der Waals surface area (Å²) in [6.07, 6.45) is 6.39. The molecule has 0 radical (unpaired) electrons. The van der Waals surface area contributed by atoms with Gasteiger partial charge in [-0.2, -0.15) is 0 Å². The third kappa shape index (κ3) is 5.24. The van der Waals surface area contributed by atoms with E-state index in [1.54, 1.807) is 7.11 Å². The van der Waals surface area contributed by atoms with Crippen molar-refractivity contribution in [3.63, 3.8) is 0 Å². The number of nitrogens with zero attached hydrogens (tertiary/aromatic N) is 2. The van der Waals surface area contributed by atoms with E-state index in [4.69, 9.17) is 9.15 Å². The van der Waals surface area contributed by atoms with Gasteiger partial charge in [-0.3, -0.25) is 4.79 Å². The summed E-state index contributed by atoms with van der Waals surface area (Å²) in [4.78, 5) is 12.3. The van der Waals surface area contributed by atoms with Crippen molar-refractivity contribution >= 4 is 17.7 Å². The first kappa shape index (κ1) is 18.8. The molecule has 0 bridgehead atoms. The maximum Gasteiger partial charge on any atom is 0.277 e. The van der Waals surface area contributed by atoms with Crippen LogP contribution in [0.4, 0.5) is 0 Å².